The van der Waals surface area contributed by atoms with Crippen LogP contribution in [-0.4, -0.2) is 52.9 Å². The number of hydrogen-bond acceptors (Lipinski definition) is 4. The number of nitrogens with zero attached hydrogens (tertiary/aromatic N) is 2. The number of nitrogens with one attached hydrogen (secondary N) is 2. The molecule has 0 amide bonds. The van der Waals surface area contributed by atoms with Gasteiger partial charge in [0.15, 0.2) is 5.96 Å². The Morgan fingerprint density at radius 2 is 1.80 bits per heavy atom. The van der Waals surface area contributed by atoms with Gasteiger partial charge in [0.1, 0.15) is 17.3 Å². The quantitative estimate of drug-likeness (QED) is 0.328. The second kappa shape index (κ2) is 11.8. The highest BCUT2D eigenvalue weighted by Crippen LogP contribution is 2.30. The molecule has 8 heteroatoms. The summed E-state index contributed by atoms with van der Waals surface area (Å²) < 4.78 is 23.8. The lowest BCUT2D eigenvalue weighted by molar-refractivity contribution is 0.394. The maximum absolute atomic E-state index is 13.0. The third-order valence-corrected chi connectivity index (χ3v) is 5.07. The third-order valence-electron chi connectivity index (χ3n) is 5.07. The molecule has 1 saturated heterocycles. The van der Waals surface area contributed by atoms with Crippen LogP contribution in [0, 0.1) is 5.82 Å². The maximum atomic E-state index is 13.0. The van der Waals surface area contributed by atoms with Crippen LogP contribution in [0.3, 0.4) is 0 Å². The molecule has 1 aliphatic rings. The van der Waals surface area contributed by atoms with E-state index >= 15 is 0 Å². The fourth-order valence-corrected chi connectivity index (χ4v) is 3.45. The molecular weight excluding hydrogens is 498 g/mol. The SMILES string of the molecule is CN=C(NCCc1ccc(F)cc1)NC1CCN(c2cc(OC)cc(OC)c2)C1.I. The van der Waals surface area contributed by atoms with Gasteiger partial charge in [0.05, 0.1) is 14.2 Å². The van der Waals surface area contributed by atoms with Gasteiger partial charge in [0.2, 0.25) is 0 Å². The van der Waals surface area contributed by atoms with Crippen molar-refractivity contribution in [3.8, 4) is 11.5 Å². The first kappa shape index (κ1) is 24.0. The summed E-state index contributed by atoms with van der Waals surface area (Å²) in [5, 5.41) is 6.83. The molecule has 30 heavy (non-hydrogen) atoms. The minimum Gasteiger partial charge on any atom is -0.497 e. The van der Waals surface area contributed by atoms with E-state index in [9.17, 15) is 4.39 Å². The molecule has 0 aromatic heterocycles. The molecular formula is C22H30FIN4O2. The van der Waals surface area contributed by atoms with Gasteiger partial charge in [-0.3, -0.25) is 4.99 Å². The van der Waals surface area contributed by atoms with Crippen molar-refractivity contribution in [2.24, 2.45) is 4.99 Å². The third kappa shape index (κ3) is 6.65. The molecule has 2 aromatic carbocycles. The number of halogens is 2. The first-order chi connectivity index (χ1) is 14.1. The molecule has 164 valence electrons. The first-order valence-corrected chi connectivity index (χ1v) is 9.81. The Hall–Kier alpha value is -2.23. The summed E-state index contributed by atoms with van der Waals surface area (Å²) in [4.78, 5) is 6.64. The number of ether oxygens (including phenoxy) is 2. The average molecular weight is 528 g/mol. The maximum Gasteiger partial charge on any atom is 0.191 e. The zero-order chi connectivity index (χ0) is 20.6. The number of rotatable bonds is 7. The van der Waals surface area contributed by atoms with Crippen molar-refractivity contribution >= 4 is 35.6 Å². The highest BCUT2D eigenvalue weighted by Gasteiger charge is 2.24. The van der Waals surface area contributed by atoms with Crippen molar-refractivity contribution in [1.82, 2.24) is 10.6 Å². The Balaban J connectivity index is 0.00000320. The Bertz CT molecular complexity index is 810. The molecule has 1 unspecified atom stereocenters. The molecule has 0 saturated carbocycles. The van der Waals surface area contributed by atoms with Gasteiger partial charge in [-0.05, 0) is 30.5 Å². The minimum atomic E-state index is -0.210. The van der Waals surface area contributed by atoms with Crippen LogP contribution < -0.4 is 25.0 Å². The van der Waals surface area contributed by atoms with Gasteiger partial charge in [-0.1, -0.05) is 12.1 Å². The van der Waals surface area contributed by atoms with Gasteiger partial charge in [0.25, 0.3) is 0 Å². The van der Waals surface area contributed by atoms with Crippen LogP contribution in [0.4, 0.5) is 10.1 Å². The summed E-state index contributed by atoms with van der Waals surface area (Å²) in [6, 6.07) is 12.8. The summed E-state index contributed by atoms with van der Waals surface area (Å²) in [5.74, 6) is 2.14. The second-order valence-corrected chi connectivity index (χ2v) is 7.02. The predicted molar refractivity (Wildman–Crippen MR) is 130 cm³/mol. The average Bonchev–Trinajstić information content (AvgIpc) is 3.22. The van der Waals surface area contributed by atoms with E-state index in [2.05, 4.69) is 20.5 Å². The zero-order valence-corrected chi connectivity index (χ0v) is 20.0. The van der Waals surface area contributed by atoms with E-state index in [1.165, 1.54) is 12.1 Å². The fraction of sp³-hybridized carbons (Fsp3) is 0.409. The second-order valence-electron chi connectivity index (χ2n) is 7.02. The van der Waals surface area contributed by atoms with Crippen LogP contribution in [0.1, 0.15) is 12.0 Å². The molecule has 1 atom stereocenters. The normalized spacial score (nSPS) is 16.1. The number of hydrogen-bond donors (Lipinski definition) is 2. The minimum absolute atomic E-state index is 0. The standard InChI is InChI=1S/C22H29FN4O2.HI/c1-24-22(25-10-8-16-4-6-17(23)7-5-16)26-18-9-11-27(15-18)19-12-20(28-2)14-21(13-19)29-3;/h4-7,12-14,18H,8-11,15H2,1-3H3,(H2,24,25,26);1H. The van der Waals surface area contributed by atoms with Gasteiger partial charge in [-0.25, -0.2) is 4.39 Å². The largest absolute Gasteiger partial charge is 0.497 e. The highest BCUT2D eigenvalue weighted by atomic mass is 127. The number of guanidine groups is 1. The molecule has 2 aromatic rings. The summed E-state index contributed by atoms with van der Waals surface area (Å²) in [6.45, 7) is 2.55. The summed E-state index contributed by atoms with van der Waals surface area (Å²) in [6.07, 6.45) is 1.82. The monoisotopic (exact) mass is 528 g/mol. The molecule has 0 bridgehead atoms. The molecule has 1 aliphatic heterocycles. The Morgan fingerprint density at radius 3 is 2.40 bits per heavy atom. The number of aliphatic imine (C=N–C) groups is 1. The molecule has 3 rings (SSSR count). The van der Waals surface area contributed by atoms with E-state index in [0.29, 0.717) is 6.04 Å². The zero-order valence-electron chi connectivity index (χ0n) is 17.7. The van der Waals surface area contributed by atoms with E-state index in [4.69, 9.17) is 9.47 Å². The number of anilines is 1. The van der Waals surface area contributed by atoms with E-state index in [1.807, 2.05) is 30.3 Å². The topological polar surface area (TPSA) is 58.1 Å². The van der Waals surface area contributed by atoms with E-state index in [1.54, 1.807) is 21.3 Å². The van der Waals surface area contributed by atoms with Crippen molar-refractivity contribution in [3.63, 3.8) is 0 Å². The number of benzene rings is 2. The molecule has 1 heterocycles. The Kier molecular flexibility index (Phi) is 9.48. The van der Waals surface area contributed by atoms with Gasteiger partial charge in [0, 0.05) is 56.6 Å². The number of methoxy groups -OCH3 is 2. The van der Waals surface area contributed by atoms with Gasteiger partial charge in [-0.2, -0.15) is 0 Å². The summed E-state index contributed by atoms with van der Waals surface area (Å²) in [7, 11) is 5.09. The summed E-state index contributed by atoms with van der Waals surface area (Å²) >= 11 is 0. The Labute approximate surface area is 194 Å². The van der Waals surface area contributed by atoms with Gasteiger partial charge < -0.3 is 25.0 Å². The van der Waals surface area contributed by atoms with Crippen LogP contribution in [0.5, 0.6) is 11.5 Å². The first-order valence-electron chi connectivity index (χ1n) is 9.81. The van der Waals surface area contributed by atoms with E-state index in [0.717, 1.165) is 61.2 Å². The van der Waals surface area contributed by atoms with Crippen LogP contribution in [-0.2, 0) is 6.42 Å². The molecule has 6 nitrogen and oxygen atoms in total. The lowest BCUT2D eigenvalue weighted by Crippen LogP contribution is -2.45. The van der Waals surface area contributed by atoms with E-state index < -0.39 is 0 Å². The van der Waals surface area contributed by atoms with Crippen molar-refractivity contribution in [2.75, 3.05) is 45.8 Å². The van der Waals surface area contributed by atoms with Crippen LogP contribution in [0.15, 0.2) is 47.5 Å². The van der Waals surface area contributed by atoms with E-state index in [-0.39, 0.29) is 29.8 Å². The molecule has 2 N–H and O–H groups in total. The van der Waals surface area contributed by atoms with Crippen molar-refractivity contribution in [1.29, 1.82) is 0 Å². The van der Waals surface area contributed by atoms with Gasteiger partial charge in [-0.15, -0.1) is 24.0 Å². The summed E-state index contributed by atoms with van der Waals surface area (Å²) in [5.41, 5.74) is 2.18. The van der Waals surface area contributed by atoms with Crippen LogP contribution in [0.2, 0.25) is 0 Å². The molecule has 0 spiro atoms. The lowest BCUT2D eigenvalue weighted by Gasteiger charge is -2.21. The highest BCUT2D eigenvalue weighted by molar-refractivity contribution is 14.0. The predicted octanol–water partition coefficient (Wildman–Crippen LogP) is 3.45. The van der Waals surface area contributed by atoms with Crippen LogP contribution in [0.25, 0.3) is 0 Å². The van der Waals surface area contributed by atoms with Crippen molar-refractivity contribution < 1.29 is 13.9 Å². The van der Waals surface area contributed by atoms with Crippen LogP contribution >= 0.6 is 24.0 Å². The van der Waals surface area contributed by atoms with Crippen molar-refractivity contribution in [2.45, 2.75) is 18.9 Å². The van der Waals surface area contributed by atoms with Crippen molar-refractivity contribution in [3.05, 3.63) is 53.8 Å². The Morgan fingerprint density at radius 1 is 1.13 bits per heavy atom. The molecule has 0 aliphatic carbocycles. The lowest BCUT2D eigenvalue weighted by atomic mass is 10.1. The molecule has 1 fully saturated rings. The fourth-order valence-electron chi connectivity index (χ4n) is 3.45. The molecule has 0 radical (unpaired) electrons. The van der Waals surface area contributed by atoms with Gasteiger partial charge >= 0.3 is 0 Å². The smallest absolute Gasteiger partial charge is 0.191 e.